The van der Waals surface area contributed by atoms with E-state index in [4.69, 9.17) is 21.4 Å². The number of fused-ring (bicyclic) bond motifs is 1. The van der Waals surface area contributed by atoms with Crippen LogP contribution in [0.2, 0.25) is 5.02 Å². The van der Waals surface area contributed by atoms with E-state index < -0.39 is 5.97 Å². The van der Waals surface area contributed by atoms with Crippen LogP contribution in [0, 0.1) is 0 Å². The summed E-state index contributed by atoms with van der Waals surface area (Å²) in [7, 11) is 1.38. The number of pyridine rings is 1. The molecule has 1 N–H and O–H groups in total. The summed E-state index contributed by atoms with van der Waals surface area (Å²) in [4.78, 5) is 27.0. The van der Waals surface area contributed by atoms with Crippen molar-refractivity contribution >= 4 is 70.1 Å². The van der Waals surface area contributed by atoms with Crippen molar-refractivity contribution in [3.8, 4) is 0 Å². The number of thioether (sulfide) groups is 2. The normalized spacial score (nSPS) is 12.2. The average Bonchev–Trinajstić information content (AvgIpc) is 2.81. The van der Waals surface area contributed by atoms with E-state index >= 15 is 0 Å². The fraction of sp³-hybridized carbons (Fsp3) is 0.240. The number of carboxylic acids is 1. The third-order valence-corrected chi connectivity index (χ3v) is 7.77. The van der Waals surface area contributed by atoms with Gasteiger partial charge in [0.1, 0.15) is 0 Å². The summed E-state index contributed by atoms with van der Waals surface area (Å²) in [5, 5.41) is 10.7. The van der Waals surface area contributed by atoms with Crippen LogP contribution in [-0.4, -0.2) is 40.6 Å². The zero-order valence-corrected chi connectivity index (χ0v) is 20.5. The minimum absolute atomic E-state index is 0.0169. The Morgan fingerprint density at radius 2 is 1.82 bits per heavy atom. The number of halogens is 1. The van der Waals surface area contributed by atoms with Gasteiger partial charge in [0.25, 0.3) is 0 Å². The molecule has 5 nitrogen and oxygen atoms in total. The standard InChI is InChI=1S/C25H24ClNO4S2/c1-31-24(30)12-14-33-25(32-13-11-23(28)29)19-4-2-3-17(15-19)5-9-21-10-7-18-6-8-20(26)16-22(18)27-21/h2-10,15-16,25H,11-14H2,1H3,(H,28,29)/b9-5+. The molecule has 0 aliphatic carbocycles. The molecular formula is C25H24ClNO4S2. The Balaban J connectivity index is 1.74. The topological polar surface area (TPSA) is 76.5 Å². The van der Waals surface area contributed by atoms with Gasteiger partial charge in [0.15, 0.2) is 0 Å². The van der Waals surface area contributed by atoms with Crippen LogP contribution in [0.3, 0.4) is 0 Å². The molecule has 0 aliphatic rings. The van der Waals surface area contributed by atoms with Gasteiger partial charge in [-0.1, -0.05) is 48.0 Å². The maximum absolute atomic E-state index is 11.5. The number of aromatic nitrogens is 1. The van der Waals surface area contributed by atoms with Crippen LogP contribution in [0.25, 0.3) is 23.1 Å². The van der Waals surface area contributed by atoms with E-state index in [1.807, 2.05) is 60.7 Å². The van der Waals surface area contributed by atoms with E-state index in [0.717, 1.165) is 27.7 Å². The number of carboxylic acid groups (broad SMARTS) is 1. The molecule has 1 aromatic heterocycles. The molecule has 1 atom stereocenters. The maximum atomic E-state index is 11.5. The van der Waals surface area contributed by atoms with E-state index in [1.165, 1.54) is 7.11 Å². The van der Waals surface area contributed by atoms with E-state index in [2.05, 4.69) is 11.1 Å². The van der Waals surface area contributed by atoms with Gasteiger partial charge in [-0.25, -0.2) is 4.98 Å². The van der Waals surface area contributed by atoms with Crippen molar-refractivity contribution in [1.29, 1.82) is 0 Å². The lowest BCUT2D eigenvalue weighted by molar-refractivity contribution is -0.140. The monoisotopic (exact) mass is 501 g/mol. The second-order valence-corrected chi connectivity index (χ2v) is 10.3. The molecule has 0 aliphatic heterocycles. The molecule has 0 radical (unpaired) electrons. The molecule has 1 unspecified atom stereocenters. The maximum Gasteiger partial charge on any atom is 0.306 e. The van der Waals surface area contributed by atoms with Gasteiger partial charge >= 0.3 is 11.9 Å². The van der Waals surface area contributed by atoms with Crippen LogP contribution in [0.1, 0.15) is 34.2 Å². The minimum Gasteiger partial charge on any atom is -0.481 e. The van der Waals surface area contributed by atoms with Crippen LogP contribution in [0.15, 0.2) is 54.6 Å². The van der Waals surface area contributed by atoms with Gasteiger partial charge in [-0.05, 0) is 41.5 Å². The molecule has 0 saturated heterocycles. The van der Waals surface area contributed by atoms with Crippen LogP contribution >= 0.6 is 35.1 Å². The minimum atomic E-state index is -0.818. The number of methoxy groups -OCH3 is 1. The number of esters is 1. The van der Waals surface area contributed by atoms with Gasteiger partial charge in [0.05, 0.1) is 35.7 Å². The SMILES string of the molecule is COC(=O)CCSC(SCCC(=O)O)c1cccc(/C=C/c2ccc3ccc(Cl)cc3n2)c1. The van der Waals surface area contributed by atoms with Gasteiger partial charge in [-0.2, -0.15) is 0 Å². The predicted molar refractivity (Wildman–Crippen MR) is 139 cm³/mol. The summed E-state index contributed by atoms with van der Waals surface area (Å²) < 4.78 is 4.73. The highest BCUT2D eigenvalue weighted by Gasteiger charge is 2.15. The van der Waals surface area contributed by atoms with E-state index in [9.17, 15) is 9.59 Å². The number of carbonyl (C=O) groups excluding carboxylic acids is 1. The zero-order chi connectivity index (χ0) is 23.6. The molecule has 172 valence electrons. The second-order valence-electron chi connectivity index (χ2n) is 7.12. The molecule has 0 bridgehead atoms. The Morgan fingerprint density at radius 1 is 1.06 bits per heavy atom. The second kappa shape index (κ2) is 12.7. The lowest BCUT2D eigenvalue weighted by Gasteiger charge is -2.17. The quantitative estimate of drug-likeness (QED) is 0.235. The molecule has 0 fully saturated rings. The van der Waals surface area contributed by atoms with Crippen LogP contribution in [-0.2, 0) is 14.3 Å². The number of nitrogens with zero attached hydrogens (tertiary/aromatic N) is 1. The summed E-state index contributed by atoms with van der Waals surface area (Å²) in [6.07, 6.45) is 4.36. The van der Waals surface area contributed by atoms with Crippen molar-refractivity contribution < 1.29 is 19.4 Å². The number of aliphatic carboxylic acids is 1. The molecule has 3 aromatic rings. The number of hydrogen-bond acceptors (Lipinski definition) is 6. The third kappa shape index (κ3) is 8.11. The molecule has 2 aromatic carbocycles. The highest BCUT2D eigenvalue weighted by atomic mass is 35.5. The molecule has 33 heavy (non-hydrogen) atoms. The molecular weight excluding hydrogens is 478 g/mol. The first-order valence-corrected chi connectivity index (χ1v) is 12.8. The number of hydrogen-bond donors (Lipinski definition) is 1. The molecule has 3 rings (SSSR count). The van der Waals surface area contributed by atoms with Crippen molar-refractivity contribution in [2.24, 2.45) is 0 Å². The summed E-state index contributed by atoms with van der Waals surface area (Å²) in [5.74, 6) is 0.0231. The molecule has 0 saturated carbocycles. The third-order valence-electron chi connectivity index (χ3n) is 4.69. The summed E-state index contributed by atoms with van der Waals surface area (Å²) in [5.41, 5.74) is 3.75. The Hall–Kier alpha value is -2.48. The van der Waals surface area contributed by atoms with Crippen molar-refractivity contribution in [3.63, 3.8) is 0 Å². The number of carbonyl (C=O) groups is 2. The highest BCUT2D eigenvalue weighted by Crippen LogP contribution is 2.40. The van der Waals surface area contributed by atoms with Gasteiger partial charge in [-0.15, -0.1) is 23.5 Å². The Morgan fingerprint density at radius 3 is 2.58 bits per heavy atom. The van der Waals surface area contributed by atoms with Crippen molar-refractivity contribution in [2.45, 2.75) is 17.4 Å². The first-order chi connectivity index (χ1) is 15.9. The van der Waals surface area contributed by atoms with E-state index in [1.54, 1.807) is 23.5 Å². The molecule has 0 amide bonds. The van der Waals surface area contributed by atoms with E-state index in [-0.39, 0.29) is 17.0 Å². The fourth-order valence-corrected chi connectivity index (χ4v) is 5.85. The van der Waals surface area contributed by atoms with Crippen molar-refractivity contribution in [1.82, 2.24) is 4.98 Å². The lowest BCUT2D eigenvalue weighted by Crippen LogP contribution is -2.03. The van der Waals surface area contributed by atoms with Gasteiger partial charge < -0.3 is 9.84 Å². The van der Waals surface area contributed by atoms with Crippen LogP contribution in [0.5, 0.6) is 0 Å². The van der Waals surface area contributed by atoms with Gasteiger partial charge in [0.2, 0.25) is 0 Å². The smallest absolute Gasteiger partial charge is 0.306 e. The molecule has 1 heterocycles. The number of ether oxygens (including phenoxy) is 1. The number of benzene rings is 2. The average molecular weight is 502 g/mol. The first kappa shape index (κ1) is 25.1. The van der Waals surface area contributed by atoms with Gasteiger partial charge in [0, 0.05) is 21.9 Å². The van der Waals surface area contributed by atoms with Crippen LogP contribution < -0.4 is 0 Å². The van der Waals surface area contributed by atoms with E-state index in [0.29, 0.717) is 22.9 Å². The summed E-state index contributed by atoms with van der Waals surface area (Å²) in [6, 6.07) is 17.7. The summed E-state index contributed by atoms with van der Waals surface area (Å²) >= 11 is 9.27. The molecule has 0 spiro atoms. The molecule has 8 heteroatoms. The zero-order valence-electron chi connectivity index (χ0n) is 18.1. The largest absolute Gasteiger partial charge is 0.481 e. The van der Waals surface area contributed by atoms with Crippen molar-refractivity contribution in [2.75, 3.05) is 18.6 Å². The summed E-state index contributed by atoms with van der Waals surface area (Å²) in [6.45, 7) is 0. The highest BCUT2D eigenvalue weighted by molar-refractivity contribution is 8.16. The van der Waals surface area contributed by atoms with Gasteiger partial charge in [-0.3, -0.25) is 9.59 Å². The Kier molecular flexibility index (Phi) is 9.66. The van der Waals surface area contributed by atoms with Crippen LogP contribution in [0.4, 0.5) is 0 Å². The Labute approximate surface area is 206 Å². The number of rotatable bonds is 11. The van der Waals surface area contributed by atoms with Crippen molar-refractivity contribution in [3.05, 3.63) is 76.4 Å². The lowest BCUT2D eigenvalue weighted by atomic mass is 10.1. The first-order valence-electron chi connectivity index (χ1n) is 10.3. The predicted octanol–water partition coefficient (Wildman–Crippen LogP) is 6.56. The Bertz CT molecular complexity index is 1150. The fourth-order valence-electron chi connectivity index (χ4n) is 3.04.